The molecule has 0 aromatic rings. The molecule has 0 bridgehead atoms. The molecule has 0 radical (unpaired) electrons. The maximum Gasteiger partial charge on any atom is 0.466 e. The van der Waals surface area contributed by atoms with E-state index in [1.807, 2.05) is 6.92 Å². The normalized spacial score (nSPS) is 17.2. The largest absolute Gasteiger partial charge is 0.466 e. The van der Waals surface area contributed by atoms with Gasteiger partial charge in [0.05, 0.1) is 12.5 Å². The zero-order valence-corrected chi connectivity index (χ0v) is 10.2. The molecule has 1 aliphatic carbocycles. The Hall–Kier alpha value is -0.420. The monoisotopic (exact) mass is 254 g/mol. The Bertz CT molecular complexity index is 234. The topological polar surface area (TPSA) is 104 Å². The van der Waals surface area contributed by atoms with Crippen LogP contribution in [-0.4, -0.2) is 27.3 Å². The second-order valence-electron chi connectivity index (χ2n) is 3.60. The van der Waals surface area contributed by atoms with Gasteiger partial charge in [-0.2, -0.15) is 0 Å². The van der Waals surface area contributed by atoms with Crippen LogP contribution in [-0.2, 0) is 14.1 Å². The number of phosphoric acid groups is 1. The Kier molecular flexibility index (Phi) is 7.58. The summed E-state index contributed by atoms with van der Waals surface area (Å²) >= 11 is 0. The van der Waals surface area contributed by atoms with Crippen molar-refractivity contribution in [3.63, 3.8) is 0 Å². The Morgan fingerprint density at radius 1 is 1.25 bits per heavy atom. The molecular formula is C9H19O6P. The van der Waals surface area contributed by atoms with Crippen LogP contribution in [0.1, 0.15) is 39.0 Å². The van der Waals surface area contributed by atoms with Gasteiger partial charge in [-0.1, -0.05) is 19.3 Å². The van der Waals surface area contributed by atoms with Gasteiger partial charge in [0.1, 0.15) is 0 Å². The minimum absolute atomic E-state index is 0.0206. The molecule has 1 saturated carbocycles. The van der Waals surface area contributed by atoms with Crippen molar-refractivity contribution < 1.29 is 28.8 Å². The van der Waals surface area contributed by atoms with Crippen molar-refractivity contribution >= 4 is 13.8 Å². The van der Waals surface area contributed by atoms with E-state index in [9.17, 15) is 4.79 Å². The zero-order valence-electron chi connectivity index (χ0n) is 9.33. The predicted octanol–water partition coefficient (Wildman–Crippen LogP) is 1.20. The smallest absolute Gasteiger partial charge is 0.466 e. The number of hydrogen-bond donors (Lipinski definition) is 3. The van der Waals surface area contributed by atoms with E-state index >= 15 is 0 Å². The molecule has 6 nitrogen and oxygen atoms in total. The number of carbonyl (C=O) groups is 1. The Morgan fingerprint density at radius 2 is 1.69 bits per heavy atom. The van der Waals surface area contributed by atoms with Crippen molar-refractivity contribution in [2.45, 2.75) is 39.0 Å². The maximum atomic E-state index is 11.2. The van der Waals surface area contributed by atoms with Crippen molar-refractivity contribution in [3.8, 4) is 0 Å². The summed E-state index contributed by atoms with van der Waals surface area (Å²) < 4.78 is 13.8. The first-order valence-corrected chi connectivity index (χ1v) is 6.86. The molecule has 0 unspecified atom stereocenters. The van der Waals surface area contributed by atoms with Crippen LogP contribution in [0, 0.1) is 5.92 Å². The van der Waals surface area contributed by atoms with Gasteiger partial charge in [-0.05, 0) is 19.8 Å². The van der Waals surface area contributed by atoms with Crippen molar-refractivity contribution in [1.82, 2.24) is 0 Å². The van der Waals surface area contributed by atoms with E-state index in [1.54, 1.807) is 0 Å². The first-order chi connectivity index (χ1) is 7.34. The summed E-state index contributed by atoms with van der Waals surface area (Å²) in [5.41, 5.74) is 0. The summed E-state index contributed by atoms with van der Waals surface area (Å²) in [6.45, 7) is 2.38. The van der Waals surface area contributed by atoms with Gasteiger partial charge in [0.25, 0.3) is 0 Å². The van der Waals surface area contributed by atoms with Crippen LogP contribution in [0.25, 0.3) is 0 Å². The molecule has 1 aliphatic rings. The van der Waals surface area contributed by atoms with Crippen LogP contribution in [0.15, 0.2) is 0 Å². The summed E-state index contributed by atoms with van der Waals surface area (Å²) in [6.07, 6.45) is 5.76. The fraction of sp³-hybridized carbons (Fsp3) is 0.889. The summed E-state index contributed by atoms with van der Waals surface area (Å²) in [6, 6.07) is 0. The number of carbonyl (C=O) groups excluding carboxylic acids is 1. The molecule has 96 valence electrons. The second-order valence-corrected chi connectivity index (χ2v) is 4.63. The Balaban J connectivity index is 0.000000385. The third kappa shape index (κ3) is 10.1. The standard InChI is InChI=1S/C9H16O2.H3O4P/c1-2-11-9(10)8-6-4-3-5-7-8;1-5(2,3)4/h8H,2-7H2,1H3;(H3,1,2,3,4). The van der Waals surface area contributed by atoms with Crippen LogP contribution in [0.4, 0.5) is 0 Å². The van der Waals surface area contributed by atoms with E-state index in [1.165, 1.54) is 19.3 Å². The zero-order chi connectivity index (χ0) is 12.6. The molecule has 3 N–H and O–H groups in total. The fourth-order valence-corrected chi connectivity index (χ4v) is 1.60. The highest BCUT2D eigenvalue weighted by Gasteiger charge is 2.21. The van der Waals surface area contributed by atoms with Crippen LogP contribution in [0.2, 0.25) is 0 Å². The molecule has 0 aromatic heterocycles. The molecule has 1 rings (SSSR count). The summed E-state index contributed by atoms with van der Waals surface area (Å²) in [4.78, 5) is 32.7. The van der Waals surface area contributed by atoms with Gasteiger partial charge in [0.2, 0.25) is 0 Å². The number of rotatable bonds is 2. The molecule has 0 heterocycles. The molecule has 0 aromatic carbocycles. The van der Waals surface area contributed by atoms with Gasteiger partial charge in [-0.15, -0.1) is 0 Å². The summed E-state index contributed by atoms with van der Waals surface area (Å²) in [7, 11) is -4.64. The van der Waals surface area contributed by atoms with Crippen LogP contribution < -0.4 is 0 Å². The van der Waals surface area contributed by atoms with Crippen molar-refractivity contribution in [2.75, 3.05) is 6.61 Å². The van der Waals surface area contributed by atoms with Gasteiger partial charge < -0.3 is 19.4 Å². The number of hydrogen-bond acceptors (Lipinski definition) is 3. The lowest BCUT2D eigenvalue weighted by Crippen LogP contribution is -2.20. The molecule has 7 heteroatoms. The second kappa shape index (κ2) is 7.79. The van der Waals surface area contributed by atoms with E-state index in [2.05, 4.69) is 0 Å². The molecule has 0 amide bonds. The highest BCUT2D eigenvalue weighted by molar-refractivity contribution is 7.45. The van der Waals surface area contributed by atoms with E-state index in [-0.39, 0.29) is 11.9 Å². The SMILES string of the molecule is CCOC(=O)C1CCCCC1.O=P(O)(O)O. The first kappa shape index (κ1) is 15.6. The average Bonchev–Trinajstić information content (AvgIpc) is 2.17. The Morgan fingerprint density at radius 3 is 2.06 bits per heavy atom. The quantitative estimate of drug-likeness (QED) is 0.505. The Labute approximate surface area is 94.9 Å². The van der Waals surface area contributed by atoms with E-state index in [0.717, 1.165) is 12.8 Å². The van der Waals surface area contributed by atoms with E-state index in [0.29, 0.717) is 6.61 Å². The minimum Gasteiger partial charge on any atom is -0.466 e. The van der Waals surface area contributed by atoms with Crippen molar-refractivity contribution in [2.24, 2.45) is 5.92 Å². The first-order valence-electron chi connectivity index (χ1n) is 5.29. The lowest BCUT2D eigenvalue weighted by molar-refractivity contribution is -0.149. The van der Waals surface area contributed by atoms with E-state index < -0.39 is 7.82 Å². The fourth-order valence-electron chi connectivity index (χ4n) is 1.60. The van der Waals surface area contributed by atoms with Crippen LogP contribution in [0.3, 0.4) is 0 Å². The third-order valence-corrected chi connectivity index (χ3v) is 2.23. The molecule has 16 heavy (non-hydrogen) atoms. The van der Waals surface area contributed by atoms with E-state index in [4.69, 9.17) is 24.0 Å². The van der Waals surface area contributed by atoms with Gasteiger partial charge >= 0.3 is 13.8 Å². The van der Waals surface area contributed by atoms with Crippen molar-refractivity contribution in [3.05, 3.63) is 0 Å². The number of ether oxygens (including phenoxy) is 1. The van der Waals surface area contributed by atoms with Gasteiger partial charge in [0, 0.05) is 0 Å². The van der Waals surface area contributed by atoms with Gasteiger partial charge in [0.15, 0.2) is 0 Å². The molecular weight excluding hydrogens is 235 g/mol. The molecule has 0 spiro atoms. The summed E-state index contributed by atoms with van der Waals surface area (Å²) in [5, 5.41) is 0. The van der Waals surface area contributed by atoms with Gasteiger partial charge in [-0.3, -0.25) is 4.79 Å². The lowest BCUT2D eigenvalue weighted by Gasteiger charge is -2.19. The lowest BCUT2D eigenvalue weighted by atomic mass is 9.89. The number of esters is 1. The van der Waals surface area contributed by atoms with Gasteiger partial charge in [-0.25, -0.2) is 4.57 Å². The highest BCUT2D eigenvalue weighted by atomic mass is 31.2. The van der Waals surface area contributed by atoms with Crippen LogP contribution >= 0.6 is 7.82 Å². The molecule has 0 saturated heterocycles. The minimum atomic E-state index is -4.64. The maximum absolute atomic E-state index is 11.2. The van der Waals surface area contributed by atoms with Crippen molar-refractivity contribution in [1.29, 1.82) is 0 Å². The molecule has 1 fully saturated rings. The average molecular weight is 254 g/mol. The third-order valence-electron chi connectivity index (χ3n) is 2.23. The highest BCUT2D eigenvalue weighted by Crippen LogP contribution is 2.26. The molecule has 0 aliphatic heterocycles. The van der Waals surface area contributed by atoms with Crippen LogP contribution in [0.5, 0.6) is 0 Å². The summed E-state index contributed by atoms with van der Waals surface area (Å²) in [5.74, 6) is 0.232. The predicted molar refractivity (Wildman–Crippen MR) is 57.5 cm³/mol. The molecule has 0 atom stereocenters.